The Hall–Kier alpha value is -3.07. The predicted octanol–water partition coefficient (Wildman–Crippen LogP) is 4.47. The van der Waals surface area contributed by atoms with Gasteiger partial charge in [0.05, 0.1) is 5.39 Å². The summed E-state index contributed by atoms with van der Waals surface area (Å²) in [6, 6.07) is 22.9. The van der Waals surface area contributed by atoms with Crippen molar-refractivity contribution in [3.05, 3.63) is 83.2 Å². The lowest BCUT2D eigenvalue weighted by Gasteiger charge is -2.08. The molecule has 106 valence electrons. The Morgan fingerprint density at radius 2 is 1.45 bits per heavy atom. The second kappa shape index (κ2) is 5.04. The van der Waals surface area contributed by atoms with E-state index in [0.29, 0.717) is 11.1 Å². The van der Waals surface area contributed by atoms with Crippen LogP contribution in [0, 0.1) is 0 Å². The van der Waals surface area contributed by atoms with E-state index >= 15 is 0 Å². The minimum absolute atomic E-state index is 0.104. The van der Waals surface area contributed by atoms with E-state index < -0.39 is 0 Å². The number of aromatic amines is 1. The van der Waals surface area contributed by atoms with Crippen molar-refractivity contribution in [2.45, 2.75) is 0 Å². The molecule has 22 heavy (non-hydrogen) atoms. The molecule has 0 bridgehead atoms. The Balaban J connectivity index is 1.89. The van der Waals surface area contributed by atoms with Crippen molar-refractivity contribution in [2.24, 2.45) is 0 Å². The topological polar surface area (TPSA) is 42.1 Å². The molecular weight excluding hydrogens is 274 g/mol. The smallest absolute Gasteiger partial charge is 0.256 e. The van der Waals surface area contributed by atoms with E-state index in [1.54, 1.807) is 6.07 Å². The molecule has 0 aliphatic rings. The standard InChI is InChI=1S/C19H13NO2/c21-19-17-12-14(22-13-6-2-1-3-7-13)10-11-15(17)16-8-4-5-9-18(16)20-19/h1-12H,(H,20,21). The minimum atomic E-state index is -0.104. The Bertz CT molecular complexity index is 1020. The van der Waals surface area contributed by atoms with Crippen LogP contribution in [0.1, 0.15) is 0 Å². The zero-order chi connectivity index (χ0) is 14.9. The summed E-state index contributed by atoms with van der Waals surface area (Å²) >= 11 is 0. The monoisotopic (exact) mass is 287 g/mol. The molecule has 0 unspecified atom stereocenters. The van der Waals surface area contributed by atoms with Crippen molar-refractivity contribution in [1.29, 1.82) is 0 Å². The highest BCUT2D eigenvalue weighted by Crippen LogP contribution is 2.27. The third-order valence-corrected chi connectivity index (χ3v) is 3.68. The summed E-state index contributed by atoms with van der Waals surface area (Å²) in [5, 5.41) is 2.59. The highest BCUT2D eigenvalue weighted by Gasteiger charge is 2.06. The van der Waals surface area contributed by atoms with Crippen molar-refractivity contribution < 1.29 is 4.74 Å². The van der Waals surface area contributed by atoms with Crippen molar-refractivity contribution in [3.63, 3.8) is 0 Å². The summed E-state index contributed by atoms with van der Waals surface area (Å²) in [5.41, 5.74) is 0.740. The number of para-hydroxylation sites is 2. The lowest BCUT2D eigenvalue weighted by molar-refractivity contribution is 0.483. The van der Waals surface area contributed by atoms with Crippen LogP contribution < -0.4 is 10.3 Å². The predicted molar refractivity (Wildman–Crippen MR) is 88.6 cm³/mol. The molecule has 4 rings (SSSR count). The number of hydrogen-bond acceptors (Lipinski definition) is 2. The van der Waals surface area contributed by atoms with Gasteiger partial charge < -0.3 is 9.72 Å². The summed E-state index contributed by atoms with van der Waals surface area (Å²) in [6.07, 6.45) is 0. The van der Waals surface area contributed by atoms with Crippen LogP contribution in [-0.2, 0) is 0 Å². The van der Waals surface area contributed by atoms with E-state index in [1.165, 1.54) is 0 Å². The molecule has 0 saturated heterocycles. The first kappa shape index (κ1) is 12.7. The number of aromatic nitrogens is 1. The van der Waals surface area contributed by atoms with Gasteiger partial charge in [-0.3, -0.25) is 4.79 Å². The third kappa shape index (κ3) is 2.13. The molecule has 0 saturated carbocycles. The molecule has 0 aliphatic carbocycles. The number of pyridine rings is 1. The molecule has 0 atom stereocenters. The Morgan fingerprint density at radius 3 is 2.32 bits per heavy atom. The van der Waals surface area contributed by atoms with E-state index in [-0.39, 0.29) is 5.56 Å². The molecule has 0 amide bonds. The van der Waals surface area contributed by atoms with E-state index in [2.05, 4.69) is 4.98 Å². The first-order valence-electron chi connectivity index (χ1n) is 7.09. The highest BCUT2D eigenvalue weighted by atomic mass is 16.5. The van der Waals surface area contributed by atoms with Crippen LogP contribution >= 0.6 is 0 Å². The molecule has 0 spiro atoms. The van der Waals surface area contributed by atoms with Gasteiger partial charge in [-0.15, -0.1) is 0 Å². The van der Waals surface area contributed by atoms with Crippen LogP contribution in [0.15, 0.2) is 77.6 Å². The molecule has 4 aromatic rings. The SMILES string of the molecule is O=c1[nH]c2ccccc2c2ccc(Oc3ccccc3)cc12. The summed E-state index contributed by atoms with van der Waals surface area (Å²) in [5.74, 6) is 1.40. The van der Waals surface area contributed by atoms with E-state index in [0.717, 1.165) is 22.0 Å². The van der Waals surface area contributed by atoms with Crippen LogP contribution in [0.4, 0.5) is 0 Å². The van der Waals surface area contributed by atoms with Crippen LogP contribution in [0.5, 0.6) is 11.5 Å². The lowest BCUT2D eigenvalue weighted by Crippen LogP contribution is -2.06. The highest BCUT2D eigenvalue weighted by molar-refractivity contribution is 6.05. The van der Waals surface area contributed by atoms with Crippen LogP contribution in [0.2, 0.25) is 0 Å². The van der Waals surface area contributed by atoms with Crippen molar-refractivity contribution >= 4 is 21.7 Å². The number of ether oxygens (including phenoxy) is 1. The maximum absolute atomic E-state index is 12.3. The van der Waals surface area contributed by atoms with E-state index in [1.807, 2.05) is 66.7 Å². The van der Waals surface area contributed by atoms with Gasteiger partial charge in [0, 0.05) is 10.9 Å². The van der Waals surface area contributed by atoms with Gasteiger partial charge in [-0.05, 0) is 41.8 Å². The van der Waals surface area contributed by atoms with Gasteiger partial charge in [-0.1, -0.05) is 36.4 Å². The number of benzene rings is 3. The van der Waals surface area contributed by atoms with Crippen LogP contribution in [0.3, 0.4) is 0 Å². The van der Waals surface area contributed by atoms with Gasteiger partial charge in [0.2, 0.25) is 0 Å². The Kier molecular flexibility index (Phi) is 2.90. The fourth-order valence-corrected chi connectivity index (χ4v) is 2.65. The van der Waals surface area contributed by atoms with Gasteiger partial charge in [0.1, 0.15) is 11.5 Å². The first-order chi connectivity index (χ1) is 10.8. The molecule has 0 radical (unpaired) electrons. The van der Waals surface area contributed by atoms with E-state index in [9.17, 15) is 4.79 Å². The molecule has 1 heterocycles. The quantitative estimate of drug-likeness (QED) is 0.552. The molecule has 3 aromatic carbocycles. The van der Waals surface area contributed by atoms with Crippen LogP contribution in [-0.4, -0.2) is 4.98 Å². The molecule has 1 aromatic heterocycles. The van der Waals surface area contributed by atoms with Gasteiger partial charge in [-0.25, -0.2) is 0 Å². The second-order valence-corrected chi connectivity index (χ2v) is 5.12. The maximum atomic E-state index is 12.3. The fraction of sp³-hybridized carbons (Fsp3) is 0. The summed E-state index contributed by atoms with van der Waals surface area (Å²) in [4.78, 5) is 15.2. The van der Waals surface area contributed by atoms with Gasteiger partial charge in [0.15, 0.2) is 0 Å². The van der Waals surface area contributed by atoms with Crippen molar-refractivity contribution in [3.8, 4) is 11.5 Å². The third-order valence-electron chi connectivity index (χ3n) is 3.68. The molecule has 1 N–H and O–H groups in total. The average Bonchev–Trinajstić information content (AvgIpc) is 2.56. The van der Waals surface area contributed by atoms with Gasteiger partial charge in [-0.2, -0.15) is 0 Å². The molecule has 3 nitrogen and oxygen atoms in total. The number of hydrogen-bond donors (Lipinski definition) is 1. The van der Waals surface area contributed by atoms with Gasteiger partial charge in [0.25, 0.3) is 5.56 Å². The molecule has 0 fully saturated rings. The fourth-order valence-electron chi connectivity index (χ4n) is 2.65. The maximum Gasteiger partial charge on any atom is 0.256 e. The molecule has 0 aliphatic heterocycles. The summed E-state index contributed by atoms with van der Waals surface area (Å²) in [7, 11) is 0. The van der Waals surface area contributed by atoms with E-state index in [4.69, 9.17) is 4.74 Å². The van der Waals surface area contributed by atoms with Crippen LogP contribution in [0.25, 0.3) is 21.7 Å². The first-order valence-corrected chi connectivity index (χ1v) is 7.09. The summed E-state index contributed by atoms with van der Waals surface area (Å²) in [6.45, 7) is 0. The lowest BCUT2D eigenvalue weighted by atomic mass is 10.1. The Morgan fingerprint density at radius 1 is 0.682 bits per heavy atom. The number of H-pyrrole nitrogens is 1. The number of nitrogens with one attached hydrogen (secondary N) is 1. The average molecular weight is 287 g/mol. The largest absolute Gasteiger partial charge is 0.457 e. The molecular formula is C19H13NO2. The number of rotatable bonds is 2. The zero-order valence-electron chi connectivity index (χ0n) is 11.7. The summed E-state index contributed by atoms with van der Waals surface area (Å²) < 4.78 is 5.80. The number of fused-ring (bicyclic) bond motifs is 3. The van der Waals surface area contributed by atoms with Gasteiger partial charge >= 0.3 is 0 Å². The normalized spacial score (nSPS) is 10.9. The molecule has 3 heteroatoms. The minimum Gasteiger partial charge on any atom is -0.457 e. The zero-order valence-corrected chi connectivity index (χ0v) is 11.7. The Labute approximate surface area is 126 Å². The second-order valence-electron chi connectivity index (χ2n) is 5.12. The van der Waals surface area contributed by atoms with Crippen molar-refractivity contribution in [2.75, 3.05) is 0 Å². The van der Waals surface area contributed by atoms with Crippen molar-refractivity contribution in [1.82, 2.24) is 4.98 Å².